The van der Waals surface area contributed by atoms with Crippen molar-refractivity contribution < 1.29 is 4.74 Å². The molecule has 1 N–H and O–H groups in total. The Hall–Kier alpha value is -1.07. The highest BCUT2D eigenvalue weighted by Crippen LogP contribution is 2.35. The number of hydrogen-bond donors (Lipinski definition) is 1. The van der Waals surface area contributed by atoms with E-state index in [-0.39, 0.29) is 0 Å². The number of fused-ring (bicyclic) bond motifs is 1. The van der Waals surface area contributed by atoms with Crippen LogP contribution < -0.4 is 10.1 Å². The van der Waals surface area contributed by atoms with E-state index < -0.39 is 0 Å². The van der Waals surface area contributed by atoms with Gasteiger partial charge in [-0.05, 0) is 54.2 Å². The maximum absolute atomic E-state index is 5.35. The first-order valence-electron chi connectivity index (χ1n) is 7.52. The van der Waals surface area contributed by atoms with Crippen molar-refractivity contribution in [3.05, 3.63) is 22.8 Å². The molecule has 1 aliphatic carbocycles. The van der Waals surface area contributed by atoms with Gasteiger partial charge in [0.1, 0.15) is 5.75 Å². The lowest BCUT2D eigenvalue weighted by atomic mass is 9.83. The summed E-state index contributed by atoms with van der Waals surface area (Å²) < 4.78 is 8.49. The maximum Gasteiger partial charge on any atom is 0.135 e. The van der Waals surface area contributed by atoms with E-state index in [1.165, 1.54) is 19.3 Å². The number of hydrogen-bond acceptors (Lipinski definition) is 3. The highest BCUT2D eigenvalue weighted by Gasteiger charge is 2.28. The quantitative estimate of drug-likeness (QED) is 0.914. The zero-order valence-electron chi connectivity index (χ0n) is 12.8. The SMILES string of the molecule is CNC1CCC(n2cc3cc(Br)c(OC)cc3n2)C(C)C1. The highest BCUT2D eigenvalue weighted by atomic mass is 79.9. The van der Waals surface area contributed by atoms with Gasteiger partial charge in [-0.25, -0.2) is 0 Å². The summed E-state index contributed by atoms with van der Waals surface area (Å²) in [5.41, 5.74) is 0.998. The number of benzene rings is 1. The Labute approximate surface area is 134 Å². The molecule has 114 valence electrons. The van der Waals surface area contributed by atoms with E-state index in [0.717, 1.165) is 21.1 Å². The summed E-state index contributed by atoms with van der Waals surface area (Å²) in [6.45, 7) is 2.33. The van der Waals surface area contributed by atoms with Crippen LogP contribution in [-0.2, 0) is 0 Å². The molecule has 3 atom stereocenters. The molecule has 1 heterocycles. The number of nitrogens with zero attached hydrogens (tertiary/aromatic N) is 2. The monoisotopic (exact) mass is 351 g/mol. The Kier molecular flexibility index (Phi) is 4.22. The van der Waals surface area contributed by atoms with Crippen molar-refractivity contribution in [2.24, 2.45) is 5.92 Å². The van der Waals surface area contributed by atoms with Gasteiger partial charge in [0.15, 0.2) is 0 Å². The van der Waals surface area contributed by atoms with Crippen LogP contribution in [0.4, 0.5) is 0 Å². The molecular weight excluding hydrogens is 330 g/mol. The minimum Gasteiger partial charge on any atom is -0.495 e. The van der Waals surface area contributed by atoms with Crippen molar-refractivity contribution in [2.75, 3.05) is 14.2 Å². The topological polar surface area (TPSA) is 39.1 Å². The smallest absolute Gasteiger partial charge is 0.135 e. The van der Waals surface area contributed by atoms with Gasteiger partial charge in [0.25, 0.3) is 0 Å². The predicted molar refractivity (Wildman–Crippen MR) is 88.9 cm³/mol. The molecule has 0 saturated heterocycles. The lowest BCUT2D eigenvalue weighted by Crippen LogP contribution is -2.35. The molecule has 21 heavy (non-hydrogen) atoms. The van der Waals surface area contributed by atoms with E-state index in [9.17, 15) is 0 Å². The van der Waals surface area contributed by atoms with Gasteiger partial charge in [-0.1, -0.05) is 6.92 Å². The van der Waals surface area contributed by atoms with Crippen molar-refractivity contribution in [1.82, 2.24) is 15.1 Å². The van der Waals surface area contributed by atoms with Crippen molar-refractivity contribution >= 4 is 26.8 Å². The summed E-state index contributed by atoms with van der Waals surface area (Å²) in [6, 6.07) is 5.23. The average Bonchev–Trinajstić information content (AvgIpc) is 2.88. The first kappa shape index (κ1) is 14.9. The zero-order valence-corrected chi connectivity index (χ0v) is 14.4. The summed E-state index contributed by atoms with van der Waals surface area (Å²) in [6.07, 6.45) is 5.78. The van der Waals surface area contributed by atoms with Crippen LogP contribution in [0.5, 0.6) is 5.75 Å². The fourth-order valence-corrected chi connectivity index (χ4v) is 3.93. The number of ether oxygens (including phenoxy) is 1. The zero-order chi connectivity index (χ0) is 15.0. The molecule has 4 nitrogen and oxygen atoms in total. The Bertz CT molecular complexity index is 640. The summed E-state index contributed by atoms with van der Waals surface area (Å²) in [7, 11) is 3.74. The van der Waals surface area contributed by atoms with Crippen LogP contribution in [0.3, 0.4) is 0 Å². The third-order valence-electron chi connectivity index (χ3n) is 4.67. The normalized spacial score (nSPS) is 26.2. The highest BCUT2D eigenvalue weighted by molar-refractivity contribution is 9.10. The molecule has 2 aromatic rings. The van der Waals surface area contributed by atoms with E-state index in [2.05, 4.69) is 52.2 Å². The molecule has 0 bridgehead atoms. The van der Waals surface area contributed by atoms with Gasteiger partial charge in [0.05, 0.1) is 23.1 Å². The second kappa shape index (κ2) is 5.97. The minimum atomic E-state index is 0.492. The van der Waals surface area contributed by atoms with Crippen LogP contribution in [0.2, 0.25) is 0 Å². The Morgan fingerprint density at radius 2 is 2.19 bits per heavy atom. The standard InChI is InChI=1S/C16H22BrN3O/c1-10-6-12(18-2)4-5-15(10)20-9-11-7-13(17)16(21-3)8-14(11)19-20/h7-10,12,15,18H,4-6H2,1-3H3. The number of aromatic nitrogens is 2. The van der Waals surface area contributed by atoms with Gasteiger partial charge < -0.3 is 10.1 Å². The molecule has 0 amide bonds. The van der Waals surface area contributed by atoms with E-state index in [1.54, 1.807) is 7.11 Å². The number of halogens is 1. The van der Waals surface area contributed by atoms with Crippen LogP contribution >= 0.6 is 15.9 Å². The molecule has 1 aromatic heterocycles. The molecule has 3 unspecified atom stereocenters. The molecule has 0 aliphatic heterocycles. The van der Waals surface area contributed by atoms with E-state index in [1.807, 2.05) is 6.07 Å². The minimum absolute atomic E-state index is 0.492. The molecule has 3 rings (SSSR count). The lowest BCUT2D eigenvalue weighted by Gasteiger charge is -2.34. The van der Waals surface area contributed by atoms with Crippen LogP contribution in [-0.4, -0.2) is 30.0 Å². The van der Waals surface area contributed by atoms with Crippen molar-refractivity contribution in [1.29, 1.82) is 0 Å². The lowest BCUT2D eigenvalue weighted by molar-refractivity contribution is 0.207. The molecule has 0 spiro atoms. The summed E-state index contributed by atoms with van der Waals surface area (Å²) in [5.74, 6) is 1.47. The predicted octanol–water partition coefficient (Wildman–Crippen LogP) is 3.76. The van der Waals surface area contributed by atoms with Gasteiger partial charge >= 0.3 is 0 Å². The van der Waals surface area contributed by atoms with Gasteiger partial charge in [0.2, 0.25) is 0 Å². The van der Waals surface area contributed by atoms with Gasteiger partial charge in [-0.2, -0.15) is 5.10 Å². The van der Waals surface area contributed by atoms with E-state index in [4.69, 9.17) is 9.84 Å². The maximum atomic E-state index is 5.35. The third-order valence-corrected chi connectivity index (χ3v) is 5.29. The Balaban J connectivity index is 1.91. The van der Waals surface area contributed by atoms with Crippen molar-refractivity contribution in [2.45, 2.75) is 38.3 Å². The average molecular weight is 352 g/mol. The molecular formula is C16H22BrN3O. The largest absolute Gasteiger partial charge is 0.495 e. The van der Waals surface area contributed by atoms with E-state index in [0.29, 0.717) is 18.0 Å². The van der Waals surface area contributed by atoms with Crippen LogP contribution in [0.15, 0.2) is 22.8 Å². The van der Waals surface area contributed by atoms with Gasteiger partial charge in [-0.15, -0.1) is 0 Å². The van der Waals surface area contributed by atoms with Gasteiger partial charge in [0, 0.05) is 23.7 Å². The summed E-state index contributed by atoms with van der Waals surface area (Å²) >= 11 is 3.54. The molecule has 1 aliphatic rings. The molecule has 1 aromatic carbocycles. The summed E-state index contributed by atoms with van der Waals surface area (Å²) in [5, 5.41) is 9.34. The first-order valence-corrected chi connectivity index (χ1v) is 8.31. The number of nitrogens with one attached hydrogen (secondary N) is 1. The van der Waals surface area contributed by atoms with Crippen LogP contribution in [0, 0.1) is 5.92 Å². The molecule has 1 fully saturated rings. The number of rotatable bonds is 3. The van der Waals surface area contributed by atoms with E-state index >= 15 is 0 Å². The Morgan fingerprint density at radius 3 is 2.86 bits per heavy atom. The van der Waals surface area contributed by atoms with Crippen LogP contribution in [0.1, 0.15) is 32.2 Å². The fraction of sp³-hybridized carbons (Fsp3) is 0.562. The summed E-state index contributed by atoms with van der Waals surface area (Å²) in [4.78, 5) is 0. The number of methoxy groups -OCH3 is 1. The van der Waals surface area contributed by atoms with Gasteiger partial charge in [-0.3, -0.25) is 4.68 Å². The fourth-order valence-electron chi connectivity index (χ4n) is 3.41. The molecule has 1 saturated carbocycles. The second-order valence-electron chi connectivity index (χ2n) is 6.00. The second-order valence-corrected chi connectivity index (χ2v) is 6.85. The molecule has 0 radical (unpaired) electrons. The van der Waals surface area contributed by atoms with Crippen LogP contribution in [0.25, 0.3) is 10.9 Å². The van der Waals surface area contributed by atoms with Crippen molar-refractivity contribution in [3.8, 4) is 5.75 Å². The molecule has 5 heteroatoms. The Morgan fingerprint density at radius 1 is 1.38 bits per heavy atom. The van der Waals surface area contributed by atoms with Crippen molar-refractivity contribution in [3.63, 3.8) is 0 Å². The first-order chi connectivity index (χ1) is 10.1. The third kappa shape index (κ3) is 2.81.